The predicted molar refractivity (Wildman–Crippen MR) is 83.9 cm³/mol. The summed E-state index contributed by atoms with van der Waals surface area (Å²) < 4.78 is 5.51. The lowest BCUT2D eigenvalue weighted by atomic mass is 9.79. The SMILES string of the molecule is CNC(c1ccccc1)C(C)(C)CN(C)C1CCOC1. The molecule has 1 aliphatic heterocycles. The molecule has 0 amide bonds. The van der Waals surface area contributed by atoms with Crippen molar-refractivity contribution in [2.75, 3.05) is 33.9 Å². The molecule has 0 spiro atoms. The maximum Gasteiger partial charge on any atom is 0.0622 e. The van der Waals surface area contributed by atoms with Gasteiger partial charge in [-0.2, -0.15) is 0 Å². The van der Waals surface area contributed by atoms with Gasteiger partial charge in [-0.15, -0.1) is 0 Å². The summed E-state index contributed by atoms with van der Waals surface area (Å²) in [5, 5.41) is 3.50. The van der Waals surface area contributed by atoms with Crippen LogP contribution in [0.5, 0.6) is 0 Å². The first-order valence-corrected chi connectivity index (χ1v) is 7.55. The van der Waals surface area contributed by atoms with Gasteiger partial charge in [0.1, 0.15) is 0 Å². The van der Waals surface area contributed by atoms with Crippen molar-refractivity contribution < 1.29 is 4.74 Å². The topological polar surface area (TPSA) is 24.5 Å². The van der Waals surface area contributed by atoms with E-state index in [9.17, 15) is 0 Å². The van der Waals surface area contributed by atoms with Crippen LogP contribution in [0, 0.1) is 5.41 Å². The van der Waals surface area contributed by atoms with Gasteiger partial charge in [0, 0.05) is 25.2 Å². The predicted octanol–water partition coefficient (Wildman–Crippen LogP) is 2.69. The Morgan fingerprint density at radius 2 is 2.05 bits per heavy atom. The Kier molecular flexibility index (Phi) is 5.19. The molecule has 2 rings (SSSR count). The Morgan fingerprint density at radius 3 is 2.60 bits per heavy atom. The van der Waals surface area contributed by atoms with Crippen LogP contribution in [0.3, 0.4) is 0 Å². The first kappa shape index (κ1) is 15.5. The summed E-state index contributed by atoms with van der Waals surface area (Å²) in [7, 11) is 4.27. The summed E-state index contributed by atoms with van der Waals surface area (Å²) in [6.45, 7) is 7.52. The number of nitrogens with one attached hydrogen (secondary N) is 1. The molecule has 2 unspecified atom stereocenters. The zero-order valence-electron chi connectivity index (χ0n) is 13.2. The van der Waals surface area contributed by atoms with Crippen molar-refractivity contribution in [3.8, 4) is 0 Å². The Morgan fingerprint density at radius 1 is 1.35 bits per heavy atom. The molecule has 0 bridgehead atoms. The van der Waals surface area contributed by atoms with Crippen LogP contribution in [0.4, 0.5) is 0 Å². The van der Waals surface area contributed by atoms with E-state index < -0.39 is 0 Å². The third-order valence-electron chi connectivity index (χ3n) is 4.39. The van der Waals surface area contributed by atoms with E-state index in [1.165, 1.54) is 5.56 Å². The molecule has 0 aliphatic carbocycles. The van der Waals surface area contributed by atoms with Gasteiger partial charge in [0.05, 0.1) is 6.61 Å². The number of likely N-dealkylation sites (N-methyl/N-ethyl adjacent to an activating group) is 1. The molecule has 3 nitrogen and oxygen atoms in total. The van der Waals surface area contributed by atoms with E-state index >= 15 is 0 Å². The molecule has 1 N–H and O–H groups in total. The van der Waals surface area contributed by atoms with Crippen LogP contribution in [0.1, 0.15) is 31.9 Å². The van der Waals surface area contributed by atoms with Gasteiger partial charge in [0.2, 0.25) is 0 Å². The first-order chi connectivity index (χ1) is 9.54. The Bertz CT molecular complexity index is 399. The maximum atomic E-state index is 5.51. The van der Waals surface area contributed by atoms with Gasteiger partial charge in [-0.1, -0.05) is 44.2 Å². The normalized spacial score (nSPS) is 21.4. The molecule has 3 heteroatoms. The minimum Gasteiger partial charge on any atom is -0.380 e. The van der Waals surface area contributed by atoms with E-state index in [4.69, 9.17) is 4.74 Å². The summed E-state index contributed by atoms with van der Waals surface area (Å²) in [4.78, 5) is 2.46. The second kappa shape index (κ2) is 6.70. The van der Waals surface area contributed by atoms with Gasteiger partial charge in [0.15, 0.2) is 0 Å². The monoisotopic (exact) mass is 276 g/mol. The molecule has 1 saturated heterocycles. The van der Waals surface area contributed by atoms with Crippen molar-refractivity contribution in [1.29, 1.82) is 0 Å². The van der Waals surface area contributed by atoms with Crippen molar-refractivity contribution in [3.05, 3.63) is 35.9 Å². The first-order valence-electron chi connectivity index (χ1n) is 7.55. The molecule has 1 fully saturated rings. The number of hydrogen-bond donors (Lipinski definition) is 1. The minimum atomic E-state index is 0.160. The lowest BCUT2D eigenvalue weighted by molar-refractivity contribution is 0.110. The molecule has 0 radical (unpaired) electrons. The molecule has 20 heavy (non-hydrogen) atoms. The highest BCUT2D eigenvalue weighted by molar-refractivity contribution is 5.21. The molecule has 112 valence electrons. The molecule has 1 heterocycles. The highest BCUT2D eigenvalue weighted by Gasteiger charge is 2.33. The summed E-state index contributed by atoms with van der Waals surface area (Å²) in [6.07, 6.45) is 1.15. The lowest BCUT2D eigenvalue weighted by Crippen LogP contribution is -2.44. The molecule has 0 aromatic heterocycles. The van der Waals surface area contributed by atoms with Crippen molar-refractivity contribution in [3.63, 3.8) is 0 Å². The third-order valence-corrected chi connectivity index (χ3v) is 4.39. The van der Waals surface area contributed by atoms with Crippen LogP contribution in [-0.2, 0) is 4.74 Å². The van der Waals surface area contributed by atoms with Crippen molar-refractivity contribution >= 4 is 0 Å². The number of hydrogen-bond acceptors (Lipinski definition) is 3. The van der Waals surface area contributed by atoms with Crippen LogP contribution in [0.25, 0.3) is 0 Å². The van der Waals surface area contributed by atoms with E-state index in [1.807, 2.05) is 0 Å². The Labute approximate surface area is 123 Å². The third kappa shape index (κ3) is 3.60. The van der Waals surface area contributed by atoms with Gasteiger partial charge in [-0.05, 0) is 31.5 Å². The molecule has 1 aliphatic rings. The molecular formula is C17H28N2O. The number of rotatable bonds is 6. The van der Waals surface area contributed by atoms with Crippen LogP contribution in [-0.4, -0.2) is 44.8 Å². The van der Waals surface area contributed by atoms with Gasteiger partial charge in [-0.3, -0.25) is 0 Å². The van der Waals surface area contributed by atoms with Crippen molar-refractivity contribution in [2.45, 2.75) is 32.4 Å². The molecule has 1 aromatic rings. The smallest absolute Gasteiger partial charge is 0.0622 e. The van der Waals surface area contributed by atoms with E-state index in [0.29, 0.717) is 12.1 Å². The van der Waals surface area contributed by atoms with Crippen LogP contribution < -0.4 is 5.32 Å². The van der Waals surface area contributed by atoms with E-state index in [1.54, 1.807) is 0 Å². The average molecular weight is 276 g/mol. The second-order valence-electron chi connectivity index (χ2n) is 6.55. The molecule has 1 aromatic carbocycles. The summed E-state index contributed by atoms with van der Waals surface area (Å²) in [5.41, 5.74) is 1.52. The fraction of sp³-hybridized carbons (Fsp3) is 0.647. The largest absolute Gasteiger partial charge is 0.380 e. The van der Waals surface area contributed by atoms with E-state index in [2.05, 4.69) is 68.5 Å². The van der Waals surface area contributed by atoms with E-state index in [0.717, 1.165) is 26.2 Å². The number of benzene rings is 1. The van der Waals surface area contributed by atoms with Gasteiger partial charge < -0.3 is 15.0 Å². The minimum absolute atomic E-state index is 0.160. The van der Waals surface area contributed by atoms with Crippen LogP contribution in [0.2, 0.25) is 0 Å². The highest BCUT2D eigenvalue weighted by Crippen LogP contribution is 2.34. The zero-order valence-corrected chi connectivity index (χ0v) is 13.2. The fourth-order valence-electron chi connectivity index (χ4n) is 3.39. The summed E-state index contributed by atoms with van der Waals surface area (Å²) >= 11 is 0. The van der Waals surface area contributed by atoms with Crippen molar-refractivity contribution in [1.82, 2.24) is 10.2 Å². The Hall–Kier alpha value is -0.900. The number of ether oxygens (including phenoxy) is 1. The quantitative estimate of drug-likeness (QED) is 0.864. The standard InChI is InChI=1S/C17H28N2O/c1-17(2,13-19(4)15-10-11-20-12-15)16(18-3)14-8-6-5-7-9-14/h5-9,15-16,18H,10-13H2,1-4H3. The highest BCUT2D eigenvalue weighted by atomic mass is 16.5. The van der Waals surface area contributed by atoms with Gasteiger partial charge >= 0.3 is 0 Å². The average Bonchev–Trinajstić information content (AvgIpc) is 2.94. The van der Waals surface area contributed by atoms with Crippen molar-refractivity contribution in [2.24, 2.45) is 5.41 Å². The summed E-state index contributed by atoms with van der Waals surface area (Å²) in [6, 6.07) is 11.7. The fourth-order valence-corrected chi connectivity index (χ4v) is 3.39. The van der Waals surface area contributed by atoms with Gasteiger partial charge in [0.25, 0.3) is 0 Å². The molecule has 2 atom stereocenters. The van der Waals surface area contributed by atoms with Crippen LogP contribution in [0.15, 0.2) is 30.3 Å². The second-order valence-corrected chi connectivity index (χ2v) is 6.55. The van der Waals surface area contributed by atoms with E-state index in [-0.39, 0.29) is 5.41 Å². The number of nitrogens with zero attached hydrogens (tertiary/aromatic N) is 1. The van der Waals surface area contributed by atoms with Gasteiger partial charge in [-0.25, -0.2) is 0 Å². The summed E-state index contributed by atoms with van der Waals surface area (Å²) in [5.74, 6) is 0. The lowest BCUT2D eigenvalue weighted by Gasteiger charge is -2.39. The molecule has 0 saturated carbocycles. The molecular weight excluding hydrogens is 248 g/mol. The maximum absolute atomic E-state index is 5.51. The Balaban J connectivity index is 2.06. The van der Waals surface area contributed by atoms with Crippen LogP contribution >= 0.6 is 0 Å². The zero-order chi connectivity index (χ0) is 14.6.